The predicted octanol–water partition coefficient (Wildman–Crippen LogP) is 4.50. The molecule has 36 heavy (non-hydrogen) atoms. The average Bonchev–Trinajstić information content (AvgIpc) is 2.94. The lowest BCUT2D eigenvalue weighted by molar-refractivity contribution is -0.142. The molecule has 0 fully saturated rings. The molecule has 0 spiro atoms. The first kappa shape index (κ1) is 26.1. The van der Waals surface area contributed by atoms with E-state index in [1.807, 2.05) is 60.7 Å². The fourth-order valence-electron chi connectivity index (χ4n) is 3.56. The van der Waals surface area contributed by atoms with E-state index in [1.165, 1.54) is 21.3 Å². The molecule has 3 aromatic carbocycles. The monoisotopic (exact) mass is 485 g/mol. The molecular weight excluding hydrogens is 458 g/mol. The van der Waals surface area contributed by atoms with Crippen LogP contribution in [0.3, 0.4) is 0 Å². The number of benzene rings is 3. The molecule has 0 bridgehead atoms. The van der Waals surface area contributed by atoms with Gasteiger partial charge < -0.3 is 14.2 Å². The summed E-state index contributed by atoms with van der Waals surface area (Å²) in [5.74, 6) is -1.65. The Hall–Kier alpha value is -4.52. The zero-order valence-corrected chi connectivity index (χ0v) is 20.3. The quantitative estimate of drug-likeness (QED) is 0.192. The maximum absolute atomic E-state index is 12.8. The van der Waals surface area contributed by atoms with Crippen molar-refractivity contribution < 1.29 is 28.6 Å². The van der Waals surface area contributed by atoms with Crippen LogP contribution in [0.15, 0.2) is 95.5 Å². The minimum absolute atomic E-state index is 0.0543. The summed E-state index contributed by atoms with van der Waals surface area (Å²) in [5.41, 5.74) is 3.48. The molecule has 3 rings (SSSR count). The van der Waals surface area contributed by atoms with E-state index < -0.39 is 23.9 Å². The summed E-state index contributed by atoms with van der Waals surface area (Å²) >= 11 is 0. The molecule has 0 heterocycles. The van der Waals surface area contributed by atoms with Crippen molar-refractivity contribution in [2.45, 2.75) is 12.5 Å². The van der Waals surface area contributed by atoms with Gasteiger partial charge in [-0.25, -0.2) is 14.4 Å². The van der Waals surface area contributed by atoms with Gasteiger partial charge in [-0.1, -0.05) is 72.8 Å². The summed E-state index contributed by atoms with van der Waals surface area (Å²) in [6.07, 6.45) is 1.55. The second kappa shape index (κ2) is 12.8. The number of rotatable bonds is 9. The van der Waals surface area contributed by atoms with E-state index in [1.54, 1.807) is 30.3 Å². The Morgan fingerprint density at radius 1 is 0.722 bits per heavy atom. The fourth-order valence-corrected chi connectivity index (χ4v) is 3.56. The summed E-state index contributed by atoms with van der Waals surface area (Å²) < 4.78 is 14.7. The van der Waals surface area contributed by atoms with Crippen LogP contribution in [0.4, 0.5) is 0 Å². The smallest absolute Gasteiger partial charge is 0.337 e. The third-order valence-corrected chi connectivity index (χ3v) is 5.39. The molecule has 0 aliphatic heterocycles. The molecular formula is C29H27NO6. The van der Waals surface area contributed by atoms with Crippen molar-refractivity contribution in [2.24, 2.45) is 4.99 Å². The number of hydrogen-bond acceptors (Lipinski definition) is 7. The molecule has 7 nitrogen and oxygen atoms in total. The minimum Gasteiger partial charge on any atom is -0.467 e. The fraction of sp³-hybridized carbons (Fsp3) is 0.172. The maximum atomic E-state index is 12.8. The normalized spacial score (nSPS) is 11.7. The van der Waals surface area contributed by atoms with Crippen molar-refractivity contribution in [3.8, 4) is 0 Å². The lowest BCUT2D eigenvalue weighted by Gasteiger charge is -2.16. The van der Waals surface area contributed by atoms with Gasteiger partial charge in [-0.2, -0.15) is 0 Å². The lowest BCUT2D eigenvalue weighted by Crippen LogP contribution is -2.25. The van der Waals surface area contributed by atoms with E-state index in [4.69, 9.17) is 19.2 Å². The molecule has 0 aliphatic rings. The Morgan fingerprint density at radius 3 is 1.75 bits per heavy atom. The number of aliphatic imine (C=N–C) groups is 1. The van der Waals surface area contributed by atoms with E-state index >= 15 is 0 Å². The van der Waals surface area contributed by atoms with Crippen molar-refractivity contribution in [2.75, 3.05) is 21.3 Å². The second-order valence-electron chi connectivity index (χ2n) is 7.73. The van der Waals surface area contributed by atoms with Crippen LogP contribution in [-0.4, -0.2) is 51.0 Å². The highest BCUT2D eigenvalue weighted by molar-refractivity contribution is 6.13. The largest absolute Gasteiger partial charge is 0.467 e. The third-order valence-electron chi connectivity index (χ3n) is 5.39. The van der Waals surface area contributed by atoms with E-state index in [-0.39, 0.29) is 12.0 Å². The lowest BCUT2D eigenvalue weighted by atomic mass is 9.99. The zero-order chi connectivity index (χ0) is 25.9. The maximum Gasteiger partial charge on any atom is 0.337 e. The summed E-state index contributed by atoms with van der Waals surface area (Å²) in [5, 5.41) is 0. The third kappa shape index (κ3) is 6.76. The highest BCUT2D eigenvalue weighted by Gasteiger charge is 2.25. The Kier molecular flexibility index (Phi) is 9.28. The molecule has 0 N–H and O–H groups in total. The van der Waals surface area contributed by atoms with Crippen molar-refractivity contribution >= 4 is 29.7 Å². The van der Waals surface area contributed by atoms with Crippen LogP contribution in [0, 0.1) is 0 Å². The van der Waals surface area contributed by atoms with Gasteiger partial charge in [0.2, 0.25) is 0 Å². The van der Waals surface area contributed by atoms with Crippen molar-refractivity contribution in [1.82, 2.24) is 0 Å². The SMILES string of the molecule is COC(=O)/C(=C/c1ccc(C(=O)OC)cc1)CC(N=C(c1ccccc1)c1ccccc1)C(=O)OC. The molecule has 3 aromatic rings. The molecule has 0 radical (unpaired) electrons. The summed E-state index contributed by atoms with van der Waals surface area (Å²) in [4.78, 5) is 41.9. The summed E-state index contributed by atoms with van der Waals surface area (Å²) in [7, 11) is 3.85. The van der Waals surface area contributed by atoms with E-state index in [0.29, 0.717) is 16.8 Å². The van der Waals surface area contributed by atoms with E-state index in [2.05, 4.69) is 0 Å². The number of carbonyl (C=O) groups excluding carboxylic acids is 3. The van der Waals surface area contributed by atoms with Gasteiger partial charge in [0.25, 0.3) is 0 Å². The first-order valence-electron chi connectivity index (χ1n) is 11.2. The highest BCUT2D eigenvalue weighted by atomic mass is 16.5. The molecule has 0 aliphatic carbocycles. The van der Waals surface area contributed by atoms with Gasteiger partial charge in [-0.05, 0) is 23.8 Å². The average molecular weight is 486 g/mol. The Morgan fingerprint density at radius 2 is 1.28 bits per heavy atom. The van der Waals surface area contributed by atoms with Crippen LogP contribution in [0.5, 0.6) is 0 Å². The number of esters is 3. The summed E-state index contributed by atoms with van der Waals surface area (Å²) in [6, 6.07) is 24.5. The van der Waals surface area contributed by atoms with Crippen molar-refractivity contribution in [1.29, 1.82) is 0 Å². The van der Waals surface area contributed by atoms with Gasteiger partial charge in [0.15, 0.2) is 6.04 Å². The number of carbonyl (C=O) groups is 3. The number of methoxy groups -OCH3 is 3. The van der Waals surface area contributed by atoms with E-state index in [0.717, 1.165) is 11.1 Å². The van der Waals surface area contributed by atoms with Crippen LogP contribution in [0.1, 0.15) is 33.5 Å². The molecule has 0 saturated heterocycles. The van der Waals surface area contributed by atoms with Gasteiger partial charge in [-0.15, -0.1) is 0 Å². The van der Waals surface area contributed by atoms with Crippen LogP contribution >= 0.6 is 0 Å². The first-order valence-corrected chi connectivity index (χ1v) is 11.2. The Balaban J connectivity index is 2.04. The second-order valence-corrected chi connectivity index (χ2v) is 7.73. The highest BCUT2D eigenvalue weighted by Crippen LogP contribution is 2.20. The summed E-state index contributed by atoms with van der Waals surface area (Å²) in [6.45, 7) is 0. The van der Waals surface area contributed by atoms with Crippen LogP contribution in [-0.2, 0) is 23.8 Å². The molecule has 184 valence electrons. The van der Waals surface area contributed by atoms with Gasteiger partial charge >= 0.3 is 17.9 Å². The first-order chi connectivity index (χ1) is 17.5. The molecule has 0 aromatic heterocycles. The molecule has 1 atom stereocenters. The van der Waals surface area contributed by atoms with Gasteiger partial charge in [0, 0.05) is 23.1 Å². The molecule has 1 unspecified atom stereocenters. The standard InChI is InChI=1S/C29H27NO6/c1-34-27(31)23-16-14-20(15-17-23)18-24(28(32)35-2)19-25(29(33)36-3)30-26(21-10-6-4-7-11-21)22-12-8-5-9-13-22/h4-18,25H,19H2,1-3H3/b24-18+. The number of ether oxygens (including phenoxy) is 3. The molecule has 0 amide bonds. The van der Waals surface area contributed by atoms with Gasteiger partial charge in [-0.3, -0.25) is 4.99 Å². The topological polar surface area (TPSA) is 91.3 Å². The van der Waals surface area contributed by atoms with E-state index in [9.17, 15) is 14.4 Å². The van der Waals surface area contributed by atoms with Crippen LogP contribution < -0.4 is 0 Å². The minimum atomic E-state index is -1.01. The number of hydrogen-bond donors (Lipinski definition) is 0. The zero-order valence-electron chi connectivity index (χ0n) is 20.3. The van der Waals surface area contributed by atoms with Crippen LogP contribution in [0.2, 0.25) is 0 Å². The van der Waals surface area contributed by atoms with Crippen LogP contribution in [0.25, 0.3) is 6.08 Å². The molecule has 0 saturated carbocycles. The number of nitrogens with zero attached hydrogens (tertiary/aromatic N) is 1. The molecule has 7 heteroatoms. The Labute approximate surface area is 210 Å². The van der Waals surface area contributed by atoms with Crippen molar-refractivity contribution in [3.05, 3.63) is 113 Å². The van der Waals surface area contributed by atoms with Gasteiger partial charge in [0.1, 0.15) is 0 Å². The Bertz CT molecular complexity index is 1210. The van der Waals surface area contributed by atoms with Gasteiger partial charge in [0.05, 0.1) is 32.6 Å². The van der Waals surface area contributed by atoms with Crippen molar-refractivity contribution in [3.63, 3.8) is 0 Å². The predicted molar refractivity (Wildman–Crippen MR) is 137 cm³/mol.